The molecule has 1 aromatic carbocycles. The van der Waals surface area contributed by atoms with Crippen LogP contribution in [0.5, 0.6) is 5.75 Å². The maximum Gasteiger partial charge on any atom is 0.241 e. The minimum Gasteiger partial charge on any atom is -0.496 e. The summed E-state index contributed by atoms with van der Waals surface area (Å²) in [6, 6.07) is 7.10. The molecule has 0 N–H and O–H groups in total. The van der Waals surface area contributed by atoms with Gasteiger partial charge in [-0.05, 0) is 12.0 Å². The number of rotatable bonds is 9. The number of benzene rings is 1. The molecule has 0 spiro atoms. The second kappa shape index (κ2) is 9.19. The smallest absolute Gasteiger partial charge is 0.241 e. The van der Waals surface area contributed by atoms with Crippen LogP contribution in [0, 0.1) is 5.92 Å². The molecule has 0 aromatic heterocycles. The van der Waals surface area contributed by atoms with E-state index in [0.717, 1.165) is 0 Å². The predicted octanol–water partition coefficient (Wildman–Crippen LogP) is 1.84. The number of amides is 3. The number of hydrogen-bond acceptors (Lipinski definition) is 5. The Morgan fingerprint density at radius 1 is 1.25 bits per heavy atom. The standard InChI is InChI=1S/C21H30N2O5/c1-15(2)14-22(3)18(24)12-21(16-8-6-7-9-17(16)28-5)13-19(25)23(20(21)26)10-11-27-4/h6-9,15H,10-14H2,1-5H3/t21-/m1/s1. The maximum atomic E-state index is 13.4. The number of likely N-dealkylation sites (tertiary alicyclic amines) is 1. The Balaban J connectivity index is 2.47. The Bertz CT molecular complexity index is 733. The average Bonchev–Trinajstić information content (AvgIpc) is 2.89. The normalized spacial score (nSPS) is 19.4. The number of ether oxygens (including phenoxy) is 2. The highest BCUT2D eigenvalue weighted by atomic mass is 16.5. The van der Waals surface area contributed by atoms with Crippen LogP contribution >= 0.6 is 0 Å². The van der Waals surface area contributed by atoms with E-state index < -0.39 is 5.41 Å². The van der Waals surface area contributed by atoms with Crippen molar-refractivity contribution in [3.8, 4) is 5.75 Å². The van der Waals surface area contributed by atoms with Gasteiger partial charge in [0.05, 0.1) is 25.7 Å². The Labute approximate surface area is 166 Å². The third-order valence-corrected chi connectivity index (χ3v) is 5.07. The molecule has 0 bridgehead atoms. The van der Waals surface area contributed by atoms with Crippen molar-refractivity contribution >= 4 is 17.7 Å². The van der Waals surface area contributed by atoms with Gasteiger partial charge in [0.1, 0.15) is 5.75 Å². The summed E-state index contributed by atoms with van der Waals surface area (Å²) < 4.78 is 10.5. The quantitative estimate of drug-likeness (QED) is 0.602. The first-order chi connectivity index (χ1) is 13.3. The second-order valence-electron chi connectivity index (χ2n) is 7.65. The van der Waals surface area contributed by atoms with Crippen molar-refractivity contribution in [3.63, 3.8) is 0 Å². The van der Waals surface area contributed by atoms with Gasteiger partial charge in [-0.1, -0.05) is 32.0 Å². The molecule has 0 saturated carbocycles. The van der Waals surface area contributed by atoms with E-state index in [9.17, 15) is 14.4 Å². The number of carbonyl (C=O) groups is 3. The highest BCUT2D eigenvalue weighted by Gasteiger charge is 2.55. The molecule has 0 unspecified atom stereocenters. The Morgan fingerprint density at radius 3 is 2.54 bits per heavy atom. The van der Waals surface area contributed by atoms with E-state index in [1.165, 1.54) is 19.1 Å². The average molecular weight is 390 g/mol. The van der Waals surface area contributed by atoms with Crippen LogP contribution in [0.4, 0.5) is 0 Å². The van der Waals surface area contributed by atoms with Crippen molar-refractivity contribution in [1.29, 1.82) is 0 Å². The zero-order valence-electron chi connectivity index (χ0n) is 17.4. The number of methoxy groups -OCH3 is 2. The molecule has 0 radical (unpaired) electrons. The minimum absolute atomic E-state index is 0.0584. The first kappa shape index (κ1) is 21.9. The molecule has 1 heterocycles. The molecule has 3 amide bonds. The zero-order chi connectivity index (χ0) is 20.9. The second-order valence-corrected chi connectivity index (χ2v) is 7.65. The molecular formula is C21H30N2O5. The Hall–Kier alpha value is -2.41. The van der Waals surface area contributed by atoms with E-state index in [2.05, 4.69) is 0 Å². The van der Waals surface area contributed by atoms with Crippen molar-refractivity contribution in [1.82, 2.24) is 9.80 Å². The maximum absolute atomic E-state index is 13.4. The van der Waals surface area contributed by atoms with Gasteiger partial charge in [0.15, 0.2) is 0 Å². The van der Waals surface area contributed by atoms with Crippen molar-refractivity contribution < 1.29 is 23.9 Å². The lowest BCUT2D eigenvalue weighted by molar-refractivity contribution is -0.143. The van der Waals surface area contributed by atoms with Crippen LogP contribution in [0.15, 0.2) is 24.3 Å². The van der Waals surface area contributed by atoms with E-state index >= 15 is 0 Å². The van der Waals surface area contributed by atoms with Crippen LogP contribution in [0.3, 0.4) is 0 Å². The van der Waals surface area contributed by atoms with Crippen LogP contribution < -0.4 is 4.74 Å². The van der Waals surface area contributed by atoms with Crippen LogP contribution in [-0.4, -0.2) is 68.5 Å². The molecule has 7 heteroatoms. The molecule has 2 rings (SSSR count). The van der Waals surface area contributed by atoms with Gasteiger partial charge in [-0.2, -0.15) is 0 Å². The Kier molecular flexibility index (Phi) is 7.18. The van der Waals surface area contributed by atoms with E-state index in [1.807, 2.05) is 13.8 Å². The third-order valence-electron chi connectivity index (χ3n) is 5.07. The van der Waals surface area contributed by atoms with E-state index in [4.69, 9.17) is 9.47 Å². The largest absolute Gasteiger partial charge is 0.496 e. The molecule has 1 fully saturated rings. The zero-order valence-corrected chi connectivity index (χ0v) is 17.4. The van der Waals surface area contributed by atoms with Gasteiger partial charge < -0.3 is 14.4 Å². The predicted molar refractivity (Wildman–Crippen MR) is 105 cm³/mol. The monoisotopic (exact) mass is 390 g/mol. The van der Waals surface area contributed by atoms with Gasteiger partial charge in [-0.15, -0.1) is 0 Å². The lowest BCUT2D eigenvalue weighted by Crippen LogP contribution is -2.44. The Morgan fingerprint density at radius 2 is 1.93 bits per heavy atom. The summed E-state index contributed by atoms with van der Waals surface area (Å²) in [5.41, 5.74) is -0.693. The number of hydrogen-bond donors (Lipinski definition) is 0. The number of nitrogens with zero attached hydrogens (tertiary/aromatic N) is 2. The van der Waals surface area contributed by atoms with Crippen molar-refractivity contribution in [2.45, 2.75) is 32.1 Å². The highest BCUT2D eigenvalue weighted by Crippen LogP contribution is 2.44. The molecule has 1 atom stereocenters. The molecule has 0 aliphatic carbocycles. The van der Waals surface area contributed by atoms with Gasteiger partial charge in [0.25, 0.3) is 0 Å². The van der Waals surface area contributed by atoms with Gasteiger partial charge in [0.2, 0.25) is 17.7 Å². The van der Waals surface area contributed by atoms with Gasteiger partial charge >= 0.3 is 0 Å². The fourth-order valence-electron chi connectivity index (χ4n) is 3.74. The van der Waals surface area contributed by atoms with Crippen molar-refractivity contribution in [2.75, 3.05) is 41.0 Å². The SMILES string of the molecule is COCCN1C(=O)C[C@](CC(=O)N(C)CC(C)C)(c2ccccc2OC)C1=O. The number of imide groups is 1. The number of carbonyl (C=O) groups excluding carboxylic acids is 3. The number of para-hydroxylation sites is 1. The topological polar surface area (TPSA) is 76.2 Å². The summed E-state index contributed by atoms with van der Waals surface area (Å²) in [6.07, 6.45) is -0.137. The molecular weight excluding hydrogens is 360 g/mol. The highest BCUT2D eigenvalue weighted by molar-refractivity contribution is 6.11. The first-order valence-electron chi connectivity index (χ1n) is 9.48. The van der Waals surface area contributed by atoms with Crippen LogP contribution in [0.2, 0.25) is 0 Å². The summed E-state index contributed by atoms with van der Waals surface area (Å²) in [4.78, 5) is 41.9. The summed E-state index contributed by atoms with van der Waals surface area (Å²) in [7, 11) is 4.76. The van der Waals surface area contributed by atoms with Crippen LogP contribution in [0.25, 0.3) is 0 Å². The lowest BCUT2D eigenvalue weighted by atomic mass is 9.75. The molecule has 1 aliphatic rings. The van der Waals surface area contributed by atoms with Gasteiger partial charge in [0, 0.05) is 39.1 Å². The first-order valence-corrected chi connectivity index (χ1v) is 9.48. The van der Waals surface area contributed by atoms with E-state index in [0.29, 0.717) is 23.8 Å². The molecule has 1 aliphatic heterocycles. The summed E-state index contributed by atoms with van der Waals surface area (Å²) >= 11 is 0. The minimum atomic E-state index is -1.26. The summed E-state index contributed by atoms with van der Waals surface area (Å²) in [6.45, 7) is 5.05. The molecule has 7 nitrogen and oxygen atoms in total. The summed E-state index contributed by atoms with van der Waals surface area (Å²) in [5, 5.41) is 0. The van der Waals surface area contributed by atoms with Crippen LogP contribution in [-0.2, 0) is 24.5 Å². The van der Waals surface area contributed by atoms with Crippen LogP contribution in [0.1, 0.15) is 32.3 Å². The van der Waals surface area contributed by atoms with E-state index in [1.54, 1.807) is 36.2 Å². The molecule has 1 saturated heterocycles. The molecule has 1 aromatic rings. The van der Waals surface area contributed by atoms with Gasteiger partial charge in [-0.3, -0.25) is 19.3 Å². The lowest BCUT2D eigenvalue weighted by Gasteiger charge is -2.30. The van der Waals surface area contributed by atoms with Crippen molar-refractivity contribution in [3.05, 3.63) is 29.8 Å². The van der Waals surface area contributed by atoms with Gasteiger partial charge in [-0.25, -0.2) is 0 Å². The summed E-state index contributed by atoms with van der Waals surface area (Å²) in [5.74, 6) is -0.0428. The fourth-order valence-corrected chi connectivity index (χ4v) is 3.74. The third kappa shape index (κ3) is 4.35. The molecule has 28 heavy (non-hydrogen) atoms. The fraction of sp³-hybridized carbons (Fsp3) is 0.571. The molecule has 154 valence electrons. The van der Waals surface area contributed by atoms with E-state index in [-0.39, 0.29) is 43.7 Å². The van der Waals surface area contributed by atoms with Crippen molar-refractivity contribution in [2.24, 2.45) is 5.92 Å².